The van der Waals surface area contributed by atoms with Crippen molar-refractivity contribution < 1.29 is 27.3 Å². The molecule has 6 nitrogen and oxygen atoms in total. The Bertz CT molecular complexity index is 1380. The predicted molar refractivity (Wildman–Crippen MR) is 141 cm³/mol. The first kappa shape index (κ1) is 28.2. The second-order valence-corrected chi connectivity index (χ2v) is 14.2. The van der Waals surface area contributed by atoms with E-state index >= 15 is 0 Å². The van der Waals surface area contributed by atoms with E-state index in [0.29, 0.717) is 21.1 Å². The number of carbonyl (C=O) groups is 1. The molecule has 192 valence electrons. The summed E-state index contributed by atoms with van der Waals surface area (Å²) in [5, 5.41) is -0.0808. The first-order chi connectivity index (χ1) is 16.5. The van der Waals surface area contributed by atoms with Crippen LogP contribution in [-0.4, -0.2) is 46.5 Å². The lowest BCUT2D eigenvalue weighted by Crippen LogP contribution is -2.37. The van der Waals surface area contributed by atoms with Crippen LogP contribution in [0.1, 0.15) is 26.3 Å². The molecule has 0 N–H and O–H groups in total. The molecule has 0 aliphatic carbocycles. The zero-order valence-corrected chi connectivity index (χ0v) is 23.5. The van der Waals surface area contributed by atoms with E-state index in [-0.39, 0.29) is 28.9 Å². The molecule has 3 aromatic heterocycles. The minimum atomic E-state index is -4.51. The third-order valence-corrected chi connectivity index (χ3v) is 7.47. The van der Waals surface area contributed by atoms with Gasteiger partial charge in [0.1, 0.15) is 17.8 Å². The zero-order valence-electron chi connectivity index (χ0n) is 20.2. The SMILES string of the molecule is CC(C)(C)OC(=O)N(CC#Cc1cc2c(Br)cccn2c1SC(F)(F)F)c1ccc(P(C)(C)=O)nc1. The number of thioether (sulfide) groups is 1. The van der Waals surface area contributed by atoms with Crippen molar-refractivity contribution >= 4 is 57.6 Å². The third-order valence-electron chi connectivity index (χ3n) is 4.59. The van der Waals surface area contributed by atoms with Crippen molar-refractivity contribution in [3.8, 4) is 11.8 Å². The highest BCUT2D eigenvalue weighted by molar-refractivity contribution is 9.10. The highest BCUT2D eigenvalue weighted by atomic mass is 79.9. The average Bonchev–Trinajstić information content (AvgIpc) is 3.06. The number of alkyl halides is 3. The van der Waals surface area contributed by atoms with Gasteiger partial charge in [-0.15, -0.1) is 0 Å². The van der Waals surface area contributed by atoms with Crippen molar-refractivity contribution in [3.05, 3.63) is 52.8 Å². The van der Waals surface area contributed by atoms with Crippen molar-refractivity contribution in [3.63, 3.8) is 0 Å². The first-order valence-electron chi connectivity index (χ1n) is 10.6. The molecule has 12 heteroatoms. The van der Waals surface area contributed by atoms with Gasteiger partial charge in [-0.05, 0) is 80.4 Å². The number of nitrogens with zero attached hydrogens (tertiary/aromatic N) is 3. The molecule has 0 aliphatic rings. The number of rotatable bonds is 4. The second-order valence-electron chi connectivity index (χ2n) is 9.12. The summed E-state index contributed by atoms with van der Waals surface area (Å²) < 4.78 is 59.6. The topological polar surface area (TPSA) is 63.9 Å². The van der Waals surface area contributed by atoms with Gasteiger partial charge in [0, 0.05) is 22.4 Å². The predicted octanol–water partition coefficient (Wildman–Crippen LogP) is 6.75. The summed E-state index contributed by atoms with van der Waals surface area (Å²) in [7, 11) is -2.60. The number of hydrogen-bond donors (Lipinski definition) is 0. The molecule has 0 aliphatic heterocycles. The summed E-state index contributed by atoms with van der Waals surface area (Å²) in [5.41, 5.74) is -3.85. The van der Waals surface area contributed by atoms with Crippen LogP contribution in [0, 0.1) is 11.8 Å². The Morgan fingerprint density at radius 1 is 1.25 bits per heavy atom. The van der Waals surface area contributed by atoms with Gasteiger partial charge in [-0.3, -0.25) is 9.88 Å². The van der Waals surface area contributed by atoms with Crippen molar-refractivity contribution in [1.29, 1.82) is 0 Å². The quantitative estimate of drug-likeness (QED) is 0.188. The van der Waals surface area contributed by atoms with Gasteiger partial charge in [0.25, 0.3) is 0 Å². The fourth-order valence-corrected chi connectivity index (χ4v) is 5.01. The minimum Gasteiger partial charge on any atom is -0.443 e. The van der Waals surface area contributed by atoms with Crippen LogP contribution in [0.25, 0.3) is 5.52 Å². The van der Waals surface area contributed by atoms with Crippen LogP contribution in [0.3, 0.4) is 0 Å². The summed E-state index contributed by atoms with van der Waals surface area (Å²) in [6, 6.07) is 8.06. The van der Waals surface area contributed by atoms with Crippen molar-refractivity contribution in [2.24, 2.45) is 0 Å². The number of ether oxygens (including phenoxy) is 1. The molecule has 3 aromatic rings. The molecule has 3 heterocycles. The maximum absolute atomic E-state index is 13.3. The lowest BCUT2D eigenvalue weighted by atomic mass is 10.2. The van der Waals surface area contributed by atoms with E-state index < -0.39 is 24.3 Å². The van der Waals surface area contributed by atoms with E-state index in [2.05, 4.69) is 32.8 Å². The van der Waals surface area contributed by atoms with Crippen LogP contribution in [0.5, 0.6) is 0 Å². The van der Waals surface area contributed by atoms with Crippen LogP contribution in [0.4, 0.5) is 23.7 Å². The number of carbonyl (C=O) groups excluding carboxylic acids is 1. The fourth-order valence-electron chi connectivity index (χ4n) is 3.09. The van der Waals surface area contributed by atoms with Crippen molar-refractivity contribution in [2.75, 3.05) is 24.8 Å². The molecule has 0 radical (unpaired) electrons. The van der Waals surface area contributed by atoms with Gasteiger partial charge in [0.05, 0.1) is 34.9 Å². The van der Waals surface area contributed by atoms with E-state index in [9.17, 15) is 22.5 Å². The maximum atomic E-state index is 13.3. The minimum absolute atomic E-state index is 0.0808. The molecule has 3 rings (SSSR count). The lowest BCUT2D eigenvalue weighted by Gasteiger charge is -2.26. The number of aromatic nitrogens is 2. The average molecular weight is 602 g/mol. The maximum Gasteiger partial charge on any atom is 0.447 e. The monoisotopic (exact) mass is 601 g/mol. The van der Waals surface area contributed by atoms with Gasteiger partial charge in [-0.1, -0.05) is 11.8 Å². The van der Waals surface area contributed by atoms with E-state index in [1.807, 2.05) is 0 Å². The highest BCUT2D eigenvalue weighted by Crippen LogP contribution is 2.40. The zero-order chi connectivity index (χ0) is 26.9. The molecule has 0 atom stereocenters. The Balaban J connectivity index is 2.00. The van der Waals surface area contributed by atoms with Gasteiger partial charge in [-0.2, -0.15) is 13.2 Å². The van der Waals surface area contributed by atoms with Gasteiger partial charge >= 0.3 is 11.6 Å². The standard InChI is InChI=1S/C24H24BrF3N3O3PS/c1-23(2,3)34-22(32)30(17-10-11-20(29-15-17)35(4,5)33)12-6-8-16-14-19-18(25)9-7-13-31(19)21(16)36-24(26,27)28/h7,9-11,13-15H,12H2,1-5H3. The number of anilines is 1. The Kier molecular flexibility index (Phi) is 8.23. The third kappa shape index (κ3) is 7.31. The van der Waals surface area contributed by atoms with Gasteiger partial charge < -0.3 is 13.7 Å². The molecule has 0 fully saturated rings. The molecule has 0 saturated carbocycles. The summed E-state index contributed by atoms with van der Waals surface area (Å²) in [4.78, 5) is 18.4. The van der Waals surface area contributed by atoms with E-state index in [1.54, 1.807) is 64.4 Å². The Morgan fingerprint density at radius 3 is 2.50 bits per heavy atom. The summed E-state index contributed by atoms with van der Waals surface area (Å²) in [6.07, 6.45) is 2.23. The molecule has 0 spiro atoms. The fraction of sp³-hybridized carbons (Fsp3) is 0.333. The van der Waals surface area contributed by atoms with Crippen LogP contribution >= 0.6 is 34.8 Å². The van der Waals surface area contributed by atoms with E-state index in [1.165, 1.54) is 21.7 Å². The van der Waals surface area contributed by atoms with Gasteiger partial charge in [0.2, 0.25) is 0 Å². The van der Waals surface area contributed by atoms with Crippen LogP contribution in [0.15, 0.2) is 52.2 Å². The Hall–Kier alpha value is -2.41. The van der Waals surface area contributed by atoms with E-state index in [0.717, 1.165) is 0 Å². The van der Waals surface area contributed by atoms with Crippen molar-refractivity contribution in [2.45, 2.75) is 36.9 Å². The second kappa shape index (κ2) is 10.5. The van der Waals surface area contributed by atoms with Crippen LogP contribution in [-0.2, 0) is 9.30 Å². The normalized spacial score (nSPS) is 12.2. The summed E-state index contributed by atoms with van der Waals surface area (Å²) >= 11 is 3.10. The number of hydrogen-bond acceptors (Lipinski definition) is 5. The molecule has 1 amide bonds. The van der Waals surface area contributed by atoms with Crippen LogP contribution in [0.2, 0.25) is 0 Å². The molecular weight excluding hydrogens is 578 g/mol. The van der Waals surface area contributed by atoms with E-state index in [4.69, 9.17) is 4.74 Å². The molecule has 36 heavy (non-hydrogen) atoms. The first-order valence-corrected chi connectivity index (χ1v) is 14.8. The Labute approximate surface area is 220 Å². The summed E-state index contributed by atoms with van der Waals surface area (Å²) in [5.74, 6) is 5.58. The van der Waals surface area contributed by atoms with Gasteiger partial charge in [0.15, 0.2) is 0 Å². The number of pyridine rings is 2. The Morgan fingerprint density at radius 2 is 1.94 bits per heavy atom. The lowest BCUT2D eigenvalue weighted by molar-refractivity contribution is -0.0330. The van der Waals surface area contributed by atoms with Gasteiger partial charge in [-0.25, -0.2) is 4.79 Å². The largest absolute Gasteiger partial charge is 0.447 e. The number of halogens is 4. The number of fused-ring (bicyclic) bond motifs is 1. The molecule has 0 aromatic carbocycles. The number of amides is 1. The molecule has 0 unspecified atom stereocenters. The van der Waals surface area contributed by atoms with Crippen molar-refractivity contribution in [1.82, 2.24) is 9.38 Å². The highest BCUT2D eigenvalue weighted by Gasteiger charge is 2.32. The molecule has 0 bridgehead atoms. The molecule has 0 saturated heterocycles. The summed E-state index contributed by atoms with van der Waals surface area (Å²) in [6.45, 7) is 8.14. The smallest absolute Gasteiger partial charge is 0.443 e. The van der Waals surface area contributed by atoms with Crippen LogP contribution < -0.4 is 10.3 Å². The molecular formula is C24H24BrF3N3O3PS.